The Bertz CT molecular complexity index is 1050. The maximum Gasteiger partial charge on any atom is 0.222 e. The van der Waals surface area contributed by atoms with Crippen molar-refractivity contribution in [1.82, 2.24) is 14.7 Å². The second-order valence-electron chi connectivity index (χ2n) is 7.79. The van der Waals surface area contributed by atoms with Crippen molar-refractivity contribution in [3.8, 4) is 35.2 Å². The van der Waals surface area contributed by atoms with Gasteiger partial charge in [-0.2, -0.15) is 5.10 Å². The van der Waals surface area contributed by atoms with E-state index >= 15 is 0 Å². The molecular weight excluding hydrogens is 421 g/mol. The van der Waals surface area contributed by atoms with Crippen LogP contribution in [0.2, 0.25) is 0 Å². The van der Waals surface area contributed by atoms with E-state index in [2.05, 4.69) is 17.7 Å². The number of nitrogens with zero attached hydrogens (tertiary/aromatic N) is 3. The zero-order chi connectivity index (χ0) is 23.6. The lowest BCUT2D eigenvalue weighted by molar-refractivity contribution is 0.0260. The van der Waals surface area contributed by atoms with Gasteiger partial charge in [-0.15, -0.1) is 6.42 Å². The molecule has 0 aliphatic heterocycles. The van der Waals surface area contributed by atoms with Crippen molar-refractivity contribution in [2.75, 3.05) is 26.3 Å². The Hall–Kier alpha value is -3.18. The van der Waals surface area contributed by atoms with E-state index in [1.165, 1.54) is 12.1 Å². The third-order valence-corrected chi connectivity index (χ3v) is 5.05. The number of aryl methyl sites for hydroxylation is 1. The van der Waals surface area contributed by atoms with Crippen LogP contribution in [0.25, 0.3) is 11.3 Å². The van der Waals surface area contributed by atoms with Crippen LogP contribution in [0, 0.1) is 18.2 Å². The van der Waals surface area contributed by atoms with E-state index in [1.54, 1.807) is 16.8 Å². The van der Waals surface area contributed by atoms with Gasteiger partial charge in [0.25, 0.3) is 0 Å². The predicted molar refractivity (Wildman–Crippen MR) is 126 cm³/mol. The number of aromatic nitrogens is 2. The van der Waals surface area contributed by atoms with Crippen molar-refractivity contribution in [1.29, 1.82) is 0 Å². The fourth-order valence-electron chi connectivity index (χ4n) is 3.64. The fraction of sp³-hybridized carbons (Fsp3) is 0.346. The van der Waals surface area contributed by atoms with Crippen LogP contribution < -0.4 is 4.74 Å². The first kappa shape index (κ1) is 24.5. The lowest BCUT2D eigenvalue weighted by Crippen LogP contribution is -2.35. The lowest BCUT2D eigenvalue weighted by Gasteiger charge is -2.25. The van der Waals surface area contributed by atoms with Crippen molar-refractivity contribution in [2.45, 2.75) is 26.0 Å². The largest absolute Gasteiger partial charge is 0.439 e. The normalized spacial score (nSPS) is 12.0. The van der Waals surface area contributed by atoms with Gasteiger partial charge in [0.2, 0.25) is 5.88 Å². The first-order chi connectivity index (χ1) is 16.0. The van der Waals surface area contributed by atoms with Gasteiger partial charge in [-0.25, -0.2) is 9.07 Å². The summed E-state index contributed by atoms with van der Waals surface area (Å²) in [5.41, 5.74) is 2.65. The number of terminal acetylenes is 1. The van der Waals surface area contributed by atoms with Crippen molar-refractivity contribution < 1.29 is 19.0 Å². The summed E-state index contributed by atoms with van der Waals surface area (Å²) in [5.74, 6) is 3.17. The summed E-state index contributed by atoms with van der Waals surface area (Å²) in [6.45, 7) is 4.12. The lowest BCUT2D eigenvalue weighted by atomic mass is 10.1. The minimum Gasteiger partial charge on any atom is -0.439 e. The van der Waals surface area contributed by atoms with Crippen molar-refractivity contribution in [3.63, 3.8) is 0 Å². The van der Waals surface area contributed by atoms with Crippen LogP contribution in [0.15, 0.2) is 54.6 Å². The molecule has 174 valence electrons. The van der Waals surface area contributed by atoms with Crippen molar-refractivity contribution in [2.24, 2.45) is 7.05 Å². The molecule has 0 saturated carbocycles. The van der Waals surface area contributed by atoms with Gasteiger partial charge in [-0.1, -0.05) is 43.2 Å². The van der Waals surface area contributed by atoms with E-state index in [4.69, 9.17) is 21.0 Å². The second-order valence-corrected chi connectivity index (χ2v) is 7.79. The molecule has 1 aromatic heterocycles. The molecule has 3 rings (SSSR count). The van der Waals surface area contributed by atoms with Crippen LogP contribution in [-0.2, 0) is 18.3 Å². The van der Waals surface area contributed by atoms with Gasteiger partial charge in [0, 0.05) is 25.7 Å². The fourth-order valence-corrected chi connectivity index (χ4v) is 3.64. The highest BCUT2D eigenvalue weighted by atomic mass is 19.1. The van der Waals surface area contributed by atoms with Crippen LogP contribution in [-0.4, -0.2) is 52.2 Å². The average molecular weight is 452 g/mol. The molecule has 3 aromatic rings. The molecule has 0 amide bonds. The summed E-state index contributed by atoms with van der Waals surface area (Å²) < 4.78 is 26.5. The minimum atomic E-state index is -0.678. The topological polar surface area (TPSA) is 59.8 Å². The Morgan fingerprint density at radius 2 is 1.91 bits per heavy atom. The Labute approximate surface area is 194 Å². The quantitative estimate of drug-likeness (QED) is 0.330. The third kappa shape index (κ3) is 6.90. The second kappa shape index (κ2) is 12.2. The van der Waals surface area contributed by atoms with Gasteiger partial charge in [-0.3, -0.25) is 4.90 Å². The third-order valence-electron chi connectivity index (χ3n) is 5.05. The van der Waals surface area contributed by atoms with Crippen molar-refractivity contribution >= 4 is 0 Å². The van der Waals surface area contributed by atoms with Crippen LogP contribution in [0.5, 0.6) is 11.6 Å². The number of hydrogen-bond acceptors (Lipinski definition) is 5. The molecule has 1 heterocycles. The van der Waals surface area contributed by atoms with E-state index in [9.17, 15) is 9.50 Å². The maximum atomic E-state index is 13.4. The number of hydrogen-bond donors (Lipinski definition) is 1. The maximum absolute atomic E-state index is 13.4. The molecular formula is C26H30FN3O3. The molecule has 1 atom stereocenters. The summed E-state index contributed by atoms with van der Waals surface area (Å²) >= 11 is 0. The van der Waals surface area contributed by atoms with E-state index in [-0.39, 0.29) is 19.0 Å². The molecule has 0 spiro atoms. The summed E-state index contributed by atoms with van der Waals surface area (Å²) in [5, 5.41) is 15.2. The molecule has 33 heavy (non-hydrogen) atoms. The Morgan fingerprint density at radius 3 is 2.58 bits per heavy atom. The Morgan fingerprint density at radius 1 is 1.18 bits per heavy atom. The Kier molecular flexibility index (Phi) is 9.02. The number of aliphatic hydroxyl groups is 1. The molecule has 0 bridgehead atoms. The molecule has 0 radical (unpaired) electrons. The molecule has 0 aliphatic rings. The first-order valence-electron chi connectivity index (χ1n) is 11.0. The van der Waals surface area contributed by atoms with Gasteiger partial charge in [-0.05, 0) is 37.2 Å². The highest BCUT2D eigenvalue weighted by Gasteiger charge is 2.23. The zero-order valence-corrected chi connectivity index (χ0v) is 19.1. The van der Waals surface area contributed by atoms with Crippen LogP contribution in [0.1, 0.15) is 18.9 Å². The van der Waals surface area contributed by atoms with Crippen molar-refractivity contribution in [3.05, 3.63) is 66.0 Å². The smallest absolute Gasteiger partial charge is 0.222 e. The van der Waals surface area contributed by atoms with Gasteiger partial charge in [0.1, 0.15) is 23.9 Å². The first-order valence-corrected chi connectivity index (χ1v) is 11.0. The summed E-state index contributed by atoms with van der Waals surface area (Å²) in [7, 11) is 1.82. The van der Waals surface area contributed by atoms with E-state index in [1.807, 2.05) is 37.4 Å². The Balaban J connectivity index is 1.92. The molecule has 0 fully saturated rings. The van der Waals surface area contributed by atoms with E-state index < -0.39 is 6.10 Å². The highest BCUT2D eigenvalue weighted by molar-refractivity contribution is 5.65. The summed E-state index contributed by atoms with van der Waals surface area (Å²) in [6, 6.07) is 15.8. The number of aliphatic hydroxyl groups excluding tert-OH is 1. The van der Waals surface area contributed by atoms with Gasteiger partial charge in [0.05, 0.1) is 18.3 Å². The molecule has 7 heteroatoms. The zero-order valence-electron chi connectivity index (χ0n) is 19.1. The van der Waals surface area contributed by atoms with Crippen LogP contribution in [0.4, 0.5) is 4.39 Å². The minimum absolute atomic E-state index is 0.168. The molecule has 0 saturated heterocycles. The molecule has 6 nitrogen and oxygen atoms in total. The predicted octanol–water partition coefficient (Wildman–Crippen LogP) is 4.24. The monoisotopic (exact) mass is 451 g/mol. The number of rotatable bonds is 12. The average Bonchev–Trinajstić information content (AvgIpc) is 3.11. The standard InChI is InChI=1S/C26H30FN3O3/c1-4-15-30(17-22(31)19-32-16-5-2)18-24-25(20-9-7-6-8-10-20)28-29(3)26(24)33-23-13-11-21(27)12-14-23/h2,6-14,22,31H,4,15-19H2,1,3H3. The molecule has 1 unspecified atom stereocenters. The summed E-state index contributed by atoms with van der Waals surface area (Å²) in [6.07, 6.45) is 5.45. The van der Waals surface area contributed by atoms with Gasteiger partial charge in [0.15, 0.2) is 0 Å². The number of halogens is 1. The van der Waals surface area contributed by atoms with Gasteiger partial charge >= 0.3 is 0 Å². The SMILES string of the molecule is C#CCOCC(O)CN(CCC)Cc1c(-c2ccccc2)nn(C)c1Oc1ccc(F)cc1. The molecule has 1 N–H and O–H groups in total. The number of ether oxygens (including phenoxy) is 2. The number of benzene rings is 2. The van der Waals surface area contributed by atoms with Crippen LogP contribution >= 0.6 is 0 Å². The van der Waals surface area contributed by atoms with E-state index in [0.29, 0.717) is 24.7 Å². The van der Waals surface area contributed by atoms with Gasteiger partial charge < -0.3 is 14.6 Å². The van der Waals surface area contributed by atoms with Crippen LogP contribution in [0.3, 0.4) is 0 Å². The van der Waals surface area contributed by atoms with E-state index in [0.717, 1.165) is 29.8 Å². The highest BCUT2D eigenvalue weighted by Crippen LogP contribution is 2.34. The molecule has 2 aromatic carbocycles. The molecule has 0 aliphatic carbocycles. The summed E-state index contributed by atoms with van der Waals surface area (Å²) in [4.78, 5) is 2.14.